The van der Waals surface area contributed by atoms with Gasteiger partial charge in [0.25, 0.3) is 10.0 Å². The molecule has 4 nitrogen and oxygen atoms in total. The predicted molar refractivity (Wildman–Crippen MR) is 64.8 cm³/mol. The van der Waals surface area contributed by atoms with Gasteiger partial charge in [-0.15, -0.1) is 11.3 Å². The van der Waals surface area contributed by atoms with Gasteiger partial charge in [0.05, 0.1) is 6.17 Å². The third kappa shape index (κ3) is 2.15. The summed E-state index contributed by atoms with van der Waals surface area (Å²) in [5.74, 6) is 0. The second-order valence-corrected chi connectivity index (χ2v) is 7.45. The maximum Gasteiger partial charge on any atom is 0.253 e. The van der Waals surface area contributed by atoms with Gasteiger partial charge in [0.15, 0.2) is 0 Å². The Kier molecular flexibility index (Phi) is 3.34. The Balaban J connectivity index is 2.31. The zero-order chi connectivity index (χ0) is 11.8. The molecule has 1 aromatic heterocycles. The minimum Gasteiger partial charge on any atom is -0.315 e. The molecule has 0 bridgehead atoms. The van der Waals surface area contributed by atoms with Gasteiger partial charge in [0.2, 0.25) is 0 Å². The van der Waals surface area contributed by atoms with E-state index in [9.17, 15) is 8.42 Å². The van der Waals surface area contributed by atoms with E-state index in [1.54, 1.807) is 6.07 Å². The summed E-state index contributed by atoms with van der Waals surface area (Å²) in [6, 6.07) is 3.49. The van der Waals surface area contributed by atoms with Gasteiger partial charge in [0, 0.05) is 11.4 Å². The Hall–Kier alpha value is -0.430. The zero-order valence-corrected chi connectivity index (χ0v) is 10.9. The Labute approximate surface area is 100 Å². The van der Waals surface area contributed by atoms with Crippen molar-refractivity contribution in [3.63, 3.8) is 0 Å². The van der Waals surface area contributed by atoms with Crippen LogP contribution in [0, 0.1) is 6.92 Å². The molecule has 2 N–H and O–H groups in total. The van der Waals surface area contributed by atoms with E-state index in [-0.39, 0.29) is 6.17 Å². The van der Waals surface area contributed by atoms with Crippen LogP contribution in [0.3, 0.4) is 0 Å². The van der Waals surface area contributed by atoms with Gasteiger partial charge >= 0.3 is 0 Å². The SMILES string of the molecule is Cc1ccc(S(=O)(=O)N2CCCCC2N)s1. The van der Waals surface area contributed by atoms with E-state index in [0.717, 1.165) is 24.1 Å². The molecule has 0 radical (unpaired) electrons. The molecule has 1 aliphatic heterocycles. The maximum atomic E-state index is 12.3. The van der Waals surface area contributed by atoms with Crippen molar-refractivity contribution in [1.29, 1.82) is 0 Å². The van der Waals surface area contributed by atoms with E-state index in [2.05, 4.69) is 0 Å². The van der Waals surface area contributed by atoms with Crippen molar-refractivity contribution in [2.24, 2.45) is 5.73 Å². The van der Waals surface area contributed by atoms with E-state index in [1.165, 1.54) is 15.6 Å². The van der Waals surface area contributed by atoms with Gasteiger partial charge in [-0.1, -0.05) is 0 Å². The number of sulfonamides is 1. The maximum absolute atomic E-state index is 12.3. The fraction of sp³-hybridized carbons (Fsp3) is 0.600. The van der Waals surface area contributed by atoms with Crippen molar-refractivity contribution >= 4 is 21.4 Å². The smallest absolute Gasteiger partial charge is 0.253 e. The second-order valence-electron chi connectivity index (χ2n) is 4.04. The lowest BCUT2D eigenvalue weighted by atomic mass is 10.1. The highest BCUT2D eigenvalue weighted by Crippen LogP contribution is 2.27. The molecule has 16 heavy (non-hydrogen) atoms. The number of rotatable bonds is 2. The summed E-state index contributed by atoms with van der Waals surface area (Å²) in [4.78, 5) is 1.00. The minimum absolute atomic E-state index is 0.360. The van der Waals surface area contributed by atoms with Crippen LogP contribution < -0.4 is 5.73 Å². The molecule has 1 saturated heterocycles. The normalized spacial score (nSPS) is 23.5. The fourth-order valence-electron chi connectivity index (χ4n) is 1.90. The summed E-state index contributed by atoms with van der Waals surface area (Å²) < 4.78 is 26.4. The van der Waals surface area contributed by atoms with E-state index in [0.29, 0.717) is 10.8 Å². The number of thiophene rings is 1. The Morgan fingerprint density at radius 1 is 1.44 bits per heavy atom. The topological polar surface area (TPSA) is 63.4 Å². The molecule has 0 saturated carbocycles. The highest BCUT2D eigenvalue weighted by Gasteiger charge is 2.32. The fourth-order valence-corrected chi connectivity index (χ4v) is 4.89. The van der Waals surface area contributed by atoms with E-state index in [1.807, 2.05) is 13.0 Å². The molecule has 0 amide bonds. The zero-order valence-electron chi connectivity index (χ0n) is 9.22. The molecule has 1 fully saturated rings. The molecule has 1 aromatic rings. The quantitative estimate of drug-likeness (QED) is 0.877. The van der Waals surface area contributed by atoms with E-state index in [4.69, 9.17) is 5.73 Å². The van der Waals surface area contributed by atoms with Crippen molar-refractivity contribution < 1.29 is 8.42 Å². The summed E-state index contributed by atoms with van der Waals surface area (Å²) in [7, 11) is -3.36. The lowest BCUT2D eigenvalue weighted by molar-refractivity contribution is 0.258. The first kappa shape index (κ1) is 12.0. The molecule has 1 atom stereocenters. The lowest BCUT2D eigenvalue weighted by Gasteiger charge is -2.31. The van der Waals surface area contributed by atoms with Crippen LogP contribution in [-0.2, 0) is 10.0 Å². The third-order valence-corrected chi connectivity index (χ3v) is 6.17. The molecule has 1 unspecified atom stereocenters. The highest BCUT2D eigenvalue weighted by molar-refractivity contribution is 7.91. The largest absolute Gasteiger partial charge is 0.315 e. The van der Waals surface area contributed by atoms with Gasteiger partial charge in [-0.3, -0.25) is 0 Å². The second kappa shape index (κ2) is 4.44. The first-order valence-electron chi connectivity index (χ1n) is 5.35. The van der Waals surface area contributed by atoms with Gasteiger partial charge in [-0.05, 0) is 38.3 Å². The Bertz CT molecular complexity index is 467. The molecule has 90 valence electrons. The highest BCUT2D eigenvalue weighted by atomic mass is 32.2. The molecule has 0 aliphatic carbocycles. The summed E-state index contributed by atoms with van der Waals surface area (Å²) in [6.07, 6.45) is 2.30. The molecular weight excluding hydrogens is 244 g/mol. The Morgan fingerprint density at radius 2 is 2.19 bits per heavy atom. The van der Waals surface area contributed by atoms with Crippen LogP contribution in [0.2, 0.25) is 0 Å². The Morgan fingerprint density at radius 3 is 2.75 bits per heavy atom. The van der Waals surface area contributed by atoms with Crippen LogP contribution in [-0.4, -0.2) is 25.4 Å². The average Bonchev–Trinajstić information content (AvgIpc) is 2.66. The van der Waals surface area contributed by atoms with Crippen LogP contribution in [0.15, 0.2) is 16.3 Å². The molecule has 0 aromatic carbocycles. The third-order valence-electron chi connectivity index (χ3n) is 2.78. The predicted octanol–water partition coefficient (Wildman–Crippen LogP) is 1.52. The van der Waals surface area contributed by atoms with Crippen molar-refractivity contribution in [2.75, 3.05) is 6.54 Å². The number of aryl methyl sites for hydroxylation is 1. The number of hydrogen-bond donors (Lipinski definition) is 1. The molecule has 2 heterocycles. The number of nitrogens with two attached hydrogens (primary N) is 1. The molecule has 2 rings (SSSR count). The van der Waals surface area contributed by atoms with Crippen LogP contribution in [0.1, 0.15) is 24.1 Å². The van der Waals surface area contributed by atoms with E-state index < -0.39 is 10.0 Å². The van der Waals surface area contributed by atoms with Crippen molar-refractivity contribution in [1.82, 2.24) is 4.31 Å². The first-order valence-corrected chi connectivity index (χ1v) is 7.61. The van der Waals surface area contributed by atoms with Crippen LogP contribution in [0.25, 0.3) is 0 Å². The van der Waals surface area contributed by atoms with E-state index >= 15 is 0 Å². The molecular formula is C10H16N2O2S2. The van der Waals surface area contributed by atoms with Gasteiger partial charge in [0.1, 0.15) is 4.21 Å². The van der Waals surface area contributed by atoms with Crippen LogP contribution in [0.4, 0.5) is 0 Å². The number of hydrogen-bond acceptors (Lipinski definition) is 4. The number of piperidine rings is 1. The first-order chi connectivity index (χ1) is 7.51. The summed E-state index contributed by atoms with van der Waals surface area (Å²) in [6.45, 7) is 2.44. The molecule has 1 aliphatic rings. The standard InChI is InChI=1S/C10H16N2O2S2/c1-8-5-6-10(15-8)16(13,14)12-7-3-2-4-9(12)11/h5-6,9H,2-4,7,11H2,1H3. The molecule has 0 spiro atoms. The van der Waals surface area contributed by atoms with Crippen molar-refractivity contribution in [2.45, 2.75) is 36.6 Å². The summed E-state index contributed by atoms with van der Waals surface area (Å²) in [5, 5.41) is 0. The van der Waals surface area contributed by atoms with Gasteiger partial charge in [-0.25, -0.2) is 8.42 Å². The van der Waals surface area contributed by atoms with Gasteiger partial charge in [-0.2, -0.15) is 4.31 Å². The lowest BCUT2D eigenvalue weighted by Crippen LogP contribution is -2.48. The average molecular weight is 260 g/mol. The minimum atomic E-state index is -3.36. The summed E-state index contributed by atoms with van der Waals surface area (Å²) in [5.41, 5.74) is 5.86. The van der Waals surface area contributed by atoms with Crippen LogP contribution in [0.5, 0.6) is 0 Å². The molecule has 6 heteroatoms. The number of nitrogens with zero attached hydrogens (tertiary/aromatic N) is 1. The van der Waals surface area contributed by atoms with Crippen LogP contribution >= 0.6 is 11.3 Å². The van der Waals surface area contributed by atoms with Gasteiger partial charge < -0.3 is 5.73 Å². The van der Waals surface area contributed by atoms with Crippen molar-refractivity contribution in [3.05, 3.63) is 17.0 Å². The monoisotopic (exact) mass is 260 g/mol. The summed E-state index contributed by atoms with van der Waals surface area (Å²) >= 11 is 1.31. The van der Waals surface area contributed by atoms with Crippen molar-refractivity contribution in [3.8, 4) is 0 Å².